The predicted molar refractivity (Wildman–Crippen MR) is 79.9 cm³/mol. The van der Waals surface area contributed by atoms with Gasteiger partial charge in [0.25, 0.3) is 0 Å². The lowest BCUT2D eigenvalue weighted by atomic mass is 10.2. The molecule has 1 N–H and O–H groups in total. The Morgan fingerprint density at radius 1 is 1.32 bits per heavy atom. The number of halogens is 1. The topological polar surface area (TPSA) is 85.4 Å². The highest BCUT2D eigenvalue weighted by molar-refractivity contribution is 6.30. The number of carbonyl (C=O) groups is 1. The van der Waals surface area contributed by atoms with Gasteiger partial charge in [-0.15, -0.1) is 0 Å². The first kappa shape index (κ1) is 14.6. The molecule has 0 unspecified atom stereocenters. The normalized spacial score (nSPS) is 19.7. The van der Waals surface area contributed by atoms with Crippen LogP contribution in [0, 0.1) is 16.0 Å². The van der Waals surface area contributed by atoms with E-state index >= 15 is 0 Å². The van der Waals surface area contributed by atoms with Crippen LogP contribution in [0.5, 0.6) is 0 Å². The number of nitrogens with one attached hydrogen (secondary N) is 1. The SMILES string of the molecule is O=C(NCc1ccc(-c2ccc(Cl)cc2)o1)[C@H]1C[C@H]1[N+](=O)[O-]. The van der Waals surface area contributed by atoms with E-state index in [1.165, 1.54) is 0 Å². The number of carbonyl (C=O) groups excluding carboxylic acids is 1. The van der Waals surface area contributed by atoms with E-state index in [0.29, 0.717) is 23.0 Å². The van der Waals surface area contributed by atoms with Crippen LogP contribution in [-0.2, 0) is 11.3 Å². The first-order valence-electron chi connectivity index (χ1n) is 6.80. The lowest BCUT2D eigenvalue weighted by Gasteiger charge is -2.01. The van der Waals surface area contributed by atoms with E-state index in [1.54, 1.807) is 18.2 Å². The van der Waals surface area contributed by atoms with Gasteiger partial charge in [-0.3, -0.25) is 14.9 Å². The highest BCUT2D eigenvalue weighted by Gasteiger charge is 2.53. The molecule has 0 bridgehead atoms. The number of hydrogen-bond donors (Lipinski definition) is 1. The van der Waals surface area contributed by atoms with E-state index in [0.717, 1.165) is 5.56 Å². The average molecular weight is 321 g/mol. The molecule has 1 aromatic heterocycles. The van der Waals surface area contributed by atoms with Gasteiger partial charge in [0.05, 0.1) is 6.54 Å². The van der Waals surface area contributed by atoms with Crippen LogP contribution >= 0.6 is 11.6 Å². The van der Waals surface area contributed by atoms with Crippen LogP contribution in [0.25, 0.3) is 11.3 Å². The molecule has 3 rings (SSSR count). The second kappa shape index (κ2) is 5.81. The molecule has 6 nitrogen and oxygen atoms in total. The second-order valence-corrected chi connectivity index (χ2v) is 5.62. The molecule has 114 valence electrons. The third-order valence-electron chi connectivity index (χ3n) is 3.59. The number of amides is 1. The minimum Gasteiger partial charge on any atom is -0.459 e. The molecular formula is C15H13ClN2O4. The van der Waals surface area contributed by atoms with Crippen LogP contribution in [-0.4, -0.2) is 16.9 Å². The summed E-state index contributed by atoms with van der Waals surface area (Å²) in [6, 6.07) is 10.1. The predicted octanol–water partition coefficient (Wildman–Crippen LogP) is 2.88. The van der Waals surface area contributed by atoms with E-state index in [4.69, 9.17) is 16.0 Å². The molecule has 2 aromatic rings. The minimum absolute atomic E-state index is 0.216. The summed E-state index contributed by atoms with van der Waals surface area (Å²) in [4.78, 5) is 21.9. The molecule has 1 aliphatic carbocycles. The summed E-state index contributed by atoms with van der Waals surface area (Å²) in [7, 11) is 0. The maximum atomic E-state index is 11.7. The monoisotopic (exact) mass is 320 g/mol. The number of rotatable bonds is 5. The Morgan fingerprint density at radius 2 is 2.05 bits per heavy atom. The summed E-state index contributed by atoms with van der Waals surface area (Å²) in [5.41, 5.74) is 0.887. The van der Waals surface area contributed by atoms with Crippen molar-refractivity contribution in [1.29, 1.82) is 0 Å². The van der Waals surface area contributed by atoms with Crippen molar-refractivity contribution in [3.63, 3.8) is 0 Å². The van der Waals surface area contributed by atoms with Crippen molar-refractivity contribution in [3.05, 3.63) is 57.3 Å². The summed E-state index contributed by atoms with van der Waals surface area (Å²) in [6.45, 7) is 0.216. The molecule has 1 heterocycles. The van der Waals surface area contributed by atoms with Crippen LogP contribution in [0.2, 0.25) is 5.02 Å². The molecule has 0 aliphatic heterocycles. The summed E-state index contributed by atoms with van der Waals surface area (Å²) >= 11 is 5.83. The fourth-order valence-electron chi connectivity index (χ4n) is 2.24. The van der Waals surface area contributed by atoms with Gasteiger partial charge >= 0.3 is 0 Å². The van der Waals surface area contributed by atoms with E-state index in [1.807, 2.05) is 18.2 Å². The molecule has 1 aliphatic rings. The third-order valence-corrected chi connectivity index (χ3v) is 3.84. The van der Waals surface area contributed by atoms with Crippen molar-refractivity contribution in [2.24, 2.45) is 5.92 Å². The highest BCUT2D eigenvalue weighted by atomic mass is 35.5. The molecule has 0 saturated heterocycles. The van der Waals surface area contributed by atoms with E-state index in [2.05, 4.69) is 5.32 Å². The Labute approximate surface area is 131 Å². The van der Waals surface area contributed by atoms with Crippen molar-refractivity contribution in [2.45, 2.75) is 19.0 Å². The Hall–Kier alpha value is -2.34. The molecule has 0 spiro atoms. The van der Waals surface area contributed by atoms with Gasteiger partial charge in [0.2, 0.25) is 11.9 Å². The van der Waals surface area contributed by atoms with Crippen molar-refractivity contribution in [3.8, 4) is 11.3 Å². The summed E-state index contributed by atoms with van der Waals surface area (Å²) in [5.74, 6) is 0.457. The molecule has 1 fully saturated rings. The summed E-state index contributed by atoms with van der Waals surface area (Å²) in [6.07, 6.45) is 0.313. The van der Waals surface area contributed by atoms with Gasteiger partial charge in [-0.1, -0.05) is 11.6 Å². The van der Waals surface area contributed by atoms with Crippen molar-refractivity contribution < 1.29 is 14.1 Å². The maximum absolute atomic E-state index is 11.7. The highest BCUT2D eigenvalue weighted by Crippen LogP contribution is 2.33. The second-order valence-electron chi connectivity index (χ2n) is 5.19. The lowest BCUT2D eigenvalue weighted by molar-refractivity contribution is -0.497. The van der Waals surface area contributed by atoms with Gasteiger partial charge in [-0.05, 0) is 36.4 Å². The van der Waals surface area contributed by atoms with Crippen molar-refractivity contribution in [1.82, 2.24) is 5.32 Å². The molecule has 2 atom stereocenters. The largest absolute Gasteiger partial charge is 0.459 e. The van der Waals surface area contributed by atoms with Crippen molar-refractivity contribution >= 4 is 17.5 Å². The van der Waals surface area contributed by atoms with E-state index < -0.39 is 16.9 Å². The van der Waals surface area contributed by atoms with Gasteiger partial charge in [0.15, 0.2) is 0 Å². The quantitative estimate of drug-likeness (QED) is 0.678. The van der Waals surface area contributed by atoms with Crippen molar-refractivity contribution in [2.75, 3.05) is 0 Å². The minimum atomic E-state index is -0.735. The Morgan fingerprint density at radius 3 is 2.68 bits per heavy atom. The van der Waals surface area contributed by atoms with Gasteiger partial charge < -0.3 is 9.73 Å². The van der Waals surface area contributed by atoms with E-state index in [9.17, 15) is 14.9 Å². The van der Waals surface area contributed by atoms with Crippen LogP contribution < -0.4 is 5.32 Å². The lowest BCUT2D eigenvalue weighted by Crippen LogP contribution is -2.26. The average Bonchev–Trinajstić information content (AvgIpc) is 3.18. The number of furan rings is 1. The summed E-state index contributed by atoms with van der Waals surface area (Å²) in [5, 5.41) is 13.8. The van der Waals surface area contributed by atoms with Gasteiger partial charge in [-0.25, -0.2) is 0 Å². The molecule has 22 heavy (non-hydrogen) atoms. The van der Waals surface area contributed by atoms with Crippen LogP contribution in [0.15, 0.2) is 40.8 Å². The zero-order valence-corrected chi connectivity index (χ0v) is 12.2. The van der Waals surface area contributed by atoms with Crippen LogP contribution in [0.1, 0.15) is 12.2 Å². The number of hydrogen-bond acceptors (Lipinski definition) is 4. The molecule has 0 radical (unpaired) electrons. The fourth-order valence-corrected chi connectivity index (χ4v) is 2.37. The number of benzene rings is 1. The van der Waals surface area contributed by atoms with Gasteiger partial charge in [0.1, 0.15) is 17.4 Å². The number of nitro groups is 1. The van der Waals surface area contributed by atoms with Crippen LogP contribution in [0.3, 0.4) is 0 Å². The smallest absolute Gasteiger partial charge is 0.230 e. The van der Waals surface area contributed by atoms with Gasteiger partial charge in [0, 0.05) is 21.9 Å². The van der Waals surface area contributed by atoms with Crippen LogP contribution in [0.4, 0.5) is 0 Å². The Bertz CT molecular complexity index is 711. The zero-order valence-electron chi connectivity index (χ0n) is 11.5. The molecule has 1 amide bonds. The first-order valence-corrected chi connectivity index (χ1v) is 7.18. The molecule has 7 heteroatoms. The van der Waals surface area contributed by atoms with E-state index in [-0.39, 0.29) is 12.5 Å². The Kier molecular flexibility index (Phi) is 3.85. The fraction of sp³-hybridized carbons (Fsp3) is 0.267. The number of nitrogens with zero attached hydrogens (tertiary/aromatic N) is 1. The first-order chi connectivity index (χ1) is 10.5. The van der Waals surface area contributed by atoms with Gasteiger partial charge in [-0.2, -0.15) is 0 Å². The molecule has 1 saturated carbocycles. The zero-order chi connectivity index (χ0) is 15.7. The Balaban J connectivity index is 1.57. The third kappa shape index (κ3) is 3.12. The molecular weight excluding hydrogens is 308 g/mol. The molecule has 1 aromatic carbocycles. The standard InChI is InChI=1S/C15H13ClN2O4/c16-10-3-1-9(2-4-10)14-6-5-11(22-14)8-17-15(19)12-7-13(12)18(20)21/h1-6,12-13H,7-8H2,(H,17,19)/t12-,13+/m0/s1. The maximum Gasteiger partial charge on any atom is 0.230 e. The summed E-state index contributed by atoms with van der Waals surface area (Å²) < 4.78 is 5.64.